The number of hydrogen-bond acceptors (Lipinski definition) is 0. The standard InChI is InChI=1S/C6H3BrF.HI.Zn/c7-5-2-1-3-6(8)4-5;;/h1-2,4H;1H;/p-1. The molecule has 0 aliphatic rings. The fraction of sp³-hybridized carbons (Fsp3) is 0. The Balaban J connectivity index is 0. The summed E-state index contributed by atoms with van der Waals surface area (Å²) in [5.74, 6) is -0.334. The molecule has 0 aliphatic carbocycles. The first-order valence-electron chi connectivity index (χ1n) is 2.12. The minimum Gasteiger partial charge on any atom is -1.00 e. The predicted octanol–water partition coefficient (Wildman–Crippen LogP) is -0.610. The van der Waals surface area contributed by atoms with Crippen molar-refractivity contribution in [3.8, 4) is 0 Å². The molecule has 1 radical (unpaired) electrons. The van der Waals surface area contributed by atoms with Crippen LogP contribution in [-0.2, 0) is 19.5 Å². The van der Waals surface area contributed by atoms with E-state index in [1.807, 2.05) is 0 Å². The molecule has 4 heteroatoms. The van der Waals surface area contributed by atoms with Gasteiger partial charge in [-0.05, 0) is 12.1 Å². The Labute approximate surface area is 97.5 Å². The molecular formula is C6H3BrFIZn-. The van der Waals surface area contributed by atoms with E-state index in [9.17, 15) is 4.39 Å². The van der Waals surface area contributed by atoms with Crippen molar-refractivity contribution in [3.63, 3.8) is 0 Å². The fourth-order valence-corrected chi connectivity index (χ4v) is 0.745. The van der Waals surface area contributed by atoms with Crippen LogP contribution in [0.15, 0.2) is 22.7 Å². The van der Waals surface area contributed by atoms with Gasteiger partial charge in [-0.3, -0.25) is 0 Å². The van der Waals surface area contributed by atoms with E-state index >= 15 is 0 Å². The van der Waals surface area contributed by atoms with Crippen LogP contribution in [0.4, 0.5) is 4.39 Å². The third-order valence-corrected chi connectivity index (χ3v) is 1.22. The Hall–Kier alpha value is 0.983. The Bertz CT molecular complexity index is 178. The van der Waals surface area contributed by atoms with E-state index < -0.39 is 0 Å². The van der Waals surface area contributed by atoms with E-state index in [0.717, 1.165) is 4.47 Å². The van der Waals surface area contributed by atoms with Gasteiger partial charge >= 0.3 is 0 Å². The van der Waals surface area contributed by atoms with Gasteiger partial charge in [0, 0.05) is 30.0 Å². The molecule has 0 amide bonds. The Morgan fingerprint density at radius 1 is 1.50 bits per heavy atom. The number of hydrogen-bond donors (Lipinski definition) is 0. The molecule has 0 aliphatic heterocycles. The van der Waals surface area contributed by atoms with Gasteiger partial charge in [0.15, 0.2) is 0 Å². The van der Waals surface area contributed by atoms with Crippen LogP contribution in [0.2, 0.25) is 0 Å². The van der Waals surface area contributed by atoms with Gasteiger partial charge in [0.1, 0.15) is 5.82 Å². The maximum atomic E-state index is 12.1. The molecule has 0 atom stereocenters. The average Bonchev–Trinajstić information content (AvgIpc) is 1.64. The molecule has 1 rings (SSSR count). The van der Waals surface area contributed by atoms with E-state index in [0.29, 0.717) is 0 Å². The third-order valence-electron chi connectivity index (χ3n) is 0.728. The van der Waals surface area contributed by atoms with Crippen LogP contribution in [0.5, 0.6) is 0 Å². The van der Waals surface area contributed by atoms with Gasteiger partial charge in [-0.2, -0.15) is 0 Å². The smallest absolute Gasteiger partial charge is 0.132 e. The first kappa shape index (κ1) is 13.6. The van der Waals surface area contributed by atoms with Crippen LogP contribution in [0.25, 0.3) is 0 Å². The molecule has 0 spiro atoms. The molecule has 0 heterocycles. The first-order chi connectivity index (χ1) is 3.79. The summed E-state index contributed by atoms with van der Waals surface area (Å²) in [6.07, 6.45) is 0. The van der Waals surface area contributed by atoms with E-state index in [4.69, 9.17) is 0 Å². The van der Waals surface area contributed by atoms with Gasteiger partial charge in [0.05, 0.1) is 0 Å². The van der Waals surface area contributed by atoms with Crippen LogP contribution in [0.1, 0.15) is 0 Å². The first-order valence-corrected chi connectivity index (χ1v) is 2.91. The van der Waals surface area contributed by atoms with Gasteiger partial charge in [-0.25, -0.2) is 4.39 Å². The molecule has 0 aromatic heterocycles. The van der Waals surface area contributed by atoms with Gasteiger partial charge in [-0.15, -0.1) is 0 Å². The molecule has 0 bridgehead atoms. The van der Waals surface area contributed by atoms with Crippen molar-refractivity contribution in [2.24, 2.45) is 0 Å². The molecule has 10 heavy (non-hydrogen) atoms. The topological polar surface area (TPSA) is 0 Å². The van der Waals surface area contributed by atoms with Crippen molar-refractivity contribution in [2.45, 2.75) is 0 Å². The Morgan fingerprint density at radius 3 is 2.40 bits per heavy atom. The van der Waals surface area contributed by atoms with Crippen molar-refractivity contribution >= 4 is 15.9 Å². The normalized spacial score (nSPS) is 7.40. The molecule has 0 saturated heterocycles. The maximum absolute atomic E-state index is 12.1. The van der Waals surface area contributed by atoms with Gasteiger partial charge < -0.3 is 24.0 Å². The van der Waals surface area contributed by atoms with Crippen LogP contribution < -0.4 is 24.0 Å². The molecular weight excluding hydrogens is 363 g/mol. The summed E-state index contributed by atoms with van der Waals surface area (Å²) in [4.78, 5) is 0. The Kier molecular flexibility index (Phi) is 9.06. The zero-order chi connectivity index (χ0) is 5.98. The minimum atomic E-state index is -0.334. The second-order valence-electron chi connectivity index (χ2n) is 1.35. The van der Waals surface area contributed by atoms with E-state index in [1.165, 1.54) is 12.1 Å². The zero-order valence-electron chi connectivity index (χ0n) is 5.07. The van der Waals surface area contributed by atoms with Crippen molar-refractivity contribution in [2.75, 3.05) is 0 Å². The summed E-state index contributed by atoms with van der Waals surface area (Å²) >= 11 is 3.10. The third kappa shape index (κ3) is 4.75. The molecule has 1 aromatic rings. The second-order valence-corrected chi connectivity index (χ2v) is 2.27. The number of rotatable bonds is 0. The molecule has 0 unspecified atom stereocenters. The summed E-state index contributed by atoms with van der Waals surface area (Å²) < 4.78 is 12.8. The molecule has 0 N–H and O–H groups in total. The van der Waals surface area contributed by atoms with Crippen LogP contribution >= 0.6 is 15.9 Å². The summed E-state index contributed by atoms with van der Waals surface area (Å²) in [5, 5.41) is 0. The fourth-order valence-electron chi connectivity index (χ4n) is 0.412. The summed E-state index contributed by atoms with van der Waals surface area (Å²) in [5.41, 5.74) is 0. The minimum absolute atomic E-state index is 0. The quantitative estimate of drug-likeness (QED) is 0.425. The zero-order valence-corrected chi connectivity index (χ0v) is 11.8. The monoisotopic (exact) mass is 364 g/mol. The van der Waals surface area contributed by atoms with E-state index in [-0.39, 0.29) is 49.3 Å². The van der Waals surface area contributed by atoms with E-state index in [2.05, 4.69) is 22.0 Å². The van der Waals surface area contributed by atoms with Crippen molar-refractivity contribution in [1.82, 2.24) is 0 Å². The van der Waals surface area contributed by atoms with Crippen molar-refractivity contribution < 1.29 is 47.8 Å². The van der Waals surface area contributed by atoms with Crippen LogP contribution in [0.3, 0.4) is 0 Å². The molecule has 0 saturated carbocycles. The summed E-state index contributed by atoms with van der Waals surface area (Å²) in [7, 11) is 0. The van der Waals surface area contributed by atoms with Crippen LogP contribution in [0, 0.1) is 11.9 Å². The van der Waals surface area contributed by atoms with Crippen LogP contribution in [-0.4, -0.2) is 0 Å². The molecule has 0 nitrogen and oxygen atoms in total. The van der Waals surface area contributed by atoms with Crippen molar-refractivity contribution in [1.29, 1.82) is 0 Å². The summed E-state index contributed by atoms with van der Waals surface area (Å²) in [6, 6.07) is 6.99. The number of halogens is 3. The molecule has 1 aromatic carbocycles. The predicted molar refractivity (Wildman–Crippen MR) is 32.9 cm³/mol. The van der Waals surface area contributed by atoms with Gasteiger partial charge in [-0.1, -0.05) is 22.0 Å². The Morgan fingerprint density at radius 2 is 2.10 bits per heavy atom. The van der Waals surface area contributed by atoms with Gasteiger partial charge in [0.25, 0.3) is 0 Å². The maximum Gasteiger partial charge on any atom is 0.132 e. The summed E-state index contributed by atoms with van der Waals surface area (Å²) in [6.45, 7) is 0. The van der Waals surface area contributed by atoms with Crippen molar-refractivity contribution in [3.05, 3.63) is 34.6 Å². The molecule has 0 fully saturated rings. The molecule has 51 valence electrons. The average molecular weight is 366 g/mol. The second kappa shape index (κ2) is 6.68. The number of benzene rings is 1. The SMILES string of the molecule is Fc1[c]ccc(Br)c1.[I-].[Zn]. The largest absolute Gasteiger partial charge is 1.00 e. The van der Waals surface area contributed by atoms with Gasteiger partial charge in [0.2, 0.25) is 0 Å². The van der Waals surface area contributed by atoms with E-state index in [1.54, 1.807) is 6.07 Å².